The molecule has 0 unspecified atom stereocenters. The second-order valence-corrected chi connectivity index (χ2v) is 8.46. The topological polar surface area (TPSA) is 74.2 Å². The molecule has 0 saturated heterocycles. The Labute approximate surface area is 163 Å². The molecule has 0 amide bonds. The number of phenolic OH excluding ortho intramolecular Hbond substituents is 1. The minimum absolute atomic E-state index is 0.0915. The van der Waals surface area contributed by atoms with Crippen LogP contribution >= 0.6 is 11.5 Å². The summed E-state index contributed by atoms with van der Waals surface area (Å²) in [5.74, 6) is 1.89. The monoisotopic (exact) mass is 381 g/mol. The molecule has 1 aliphatic heterocycles. The maximum absolute atomic E-state index is 10.5. The SMILES string of the molecule is CC(C)(C)c1nsc(Nc2cccnc2N2CCCc3cccc(O)c32)n1. The third-order valence-corrected chi connectivity index (χ3v) is 5.21. The van der Waals surface area contributed by atoms with Gasteiger partial charge in [0, 0.05) is 29.7 Å². The van der Waals surface area contributed by atoms with E-state index >= 15 is 0 Å². The third-order valence-electron chi connectivity index (χ3n) is 4.58. The van der Waals surface area contributed by atoms with Gasteiger partial charge in [-0.05, 0) is 36.6 Å². The van der Waals surface area contributed by atoms with E-state index in [-0.39, 0.29) is 11.2 Å². The number of aromatic nitrogens is 3. The number of hydrogen-bond donors (Lipinski definition) is 2. The number of pyridine rings is 1. The lowest BCUT2D eigenvalue weighted by atomic mass is 9.96. The number of phenols is 1. The summed E-state index contributed by atoms with van der Waals surface area (Å²) in [5, 5.41) is 14.6. The Kier molecular flexibility index (Phi) is 4.47. The van der Waals surface area contributed by atoms with E-state index in [1.807, 2.05) is 18.2 Å². The number of rotatable bonds is 3. The molecule has 27 heavy (non-hydrogen) atoms. The molecule has 0 radical (unpaired) electrons. The molecule has 0 spiro atoms. The first-order chi connectivity index (χ1) is 12.9. The molecule has 3 heterocycles. The zero-order valence-corrected chi connectivity index (χ0v) is 16.5. The molecule has 2 aromatic heterocycles. The van der Waals surface area contributed by atoms with Crippen LogP contribution in [0.15, 0.2) is 36.5 Å². The maximum atomic E-state index is 10.5. The molecule has 0 fully saturated rings. The molecular formula is C20H23N5OS. The highest BCUT2D eigenvalue weighted by Crippen LogP contribution is 2.42. The van der Waals surface area contributed by atoms with E-state index < -0.39 is 0 Å². The van der Waals surface area contributed by atoms with Crippen LogP contribution in [-0.4, -0.2) is 26.0 Å². The van der Waals surface area contributed by atoms with Crippen molar-refractivity contribution in [3.05, 3.63) is 47.9 Å². The lowest BCUT2D eigenvalue weighted by molar-refractivity contribution is 0.473. The van der Waals surface area contributed by atoms with Crippen LogP contribution in [-0.2, 0) is 11.8 Å². The summed E-state index contributed by atoms with van der Waals surface area (Å²) in [6, 6.07) is 9.57. The van der Waals surface area contributed by atoms with Crippen LogP contribution in [0, 0.1) is 0 Å². The Morgan fingerprint density at radius 2 is 2.04 bits per heavy atom. The van der Waals surface area contributed by atoms with E-state index in [0.29, 0.717) is 0 Å². The highest BCUT2D eigenvalue weighted by atomic mass is 32.1. The van der Waals surface area contributed by atoms with Crippen molar-refractivity contribution >= 4 is 33.9 Å². The summed E-state index contributed by atoms with van der Waals surface area (Å²) in [4.78, 5) is 11.3. The molecule has 6 nitrogen and oxygen atoms in total. The van der Waals surface area contributed by atoms with Gasteiger partial charge in [0.2, 0.25) is 5.13 Å². The van der Waals surface area contributed by atoms with E-state index in [9.17, 15) is 5.11 Å². The third kappa shape index (κ3) is 3.47. The van der Waals surface area contributed by atoms with Gasteiger partial charge in [-0.3, -0.25) is 0 Å². The minimum atomic E-state index is -0.0915. The predicted octanol–water partition coefficient (Wildman–Crippen LogP) is 4.76. The van der Waals surface area contributed by atoms with Crippen LogP contribution in [0.1, 0.15) is 38.6 Å². The fourth-order valence-corrected chi connectivity index (χ4v) is 4.02. The summed E-state index contributed by atoms with van der Waals surface area (Å²) >= 11 is 1.35. The quantitative estimate of drug-likeness (QED) is 0.681. The highest BCUT2D eigenvalue weighted by molar-refractivity contribution is 7.09. The lowest BCUT2D eigenvalue weighted by Crippen LogP contribution is -2.26. The van der Waals surface area contributed by atoms with Gasteiger partial charge in [-0.1, -0.05) is 32.9 Å². The number of aryl methyl sites for hydroxylation is 1. The molecule has 0 saturated carbocycles. The number of anilines is 4. The summed E-state index contributed by atoms with van der Waals surface area (Å²) in [6.07, 6.45) is 3.75. The molecule has 0 atom stereocenters. The molecule has 1 aromatic carbocycles. The number of para-hydroxylation sites is 1. The van der Waals surface area contributed by atoms with E-state index in [0.717, 1.165) is 53.1 Å². The van der Waals surface area contributed by atoms with Gasteiger partial charge in [-0.2, -0.15) is 4.37 Å². The fraction of sp³-hybridized carbons (Fsp3) is 0.350. The van der Waals surface area contributed by atoms with Crippen molar-refractivity contribution in [3.8, 4) is 5.75 Å². The van der Waals surface area contributed by atoms with Gasteiger partial charge >= 0.3 is 0 Å². The zero-order chi connectivity index (χ0) is 19.0. The van der Waals surface area contributed by atoms with Crippen molar-refractivity contribution in [2.45, 2.75) is 39.0 Å². The lowest BCUT2D eigenvalue weighted by Gasteiger charge is -2.32. The Morgan fingerprint density at radius 3 is 2.81 bits per heavy atom. The number of nitrogens with one attached hydrogen (secondary N) is 1. The van der Waals surface area contributed by atoms with Gasteiger partial charge in [-0.15, -0.1) is 0 Å². The Hall–Kier alpha value is -2.67. The molecule has 4 rings (SSSR count). The minimum Gasteiger partial charge on any atom is -0.506 e. The average Bonchev–Trinajstić information content (AvgIpc) is 3.11. The summed E-state index contributed by atoms with van der Waals surface area (Å²) in [6.45, 7) is 7.10. The average molecular weight is 382 g/mol. The number of fused-ring (bicyclic) bond motifs is 1. The summed E-state index contributed by atoms with van der Waals surface area (Å²) < 4.78 is 4.47. The molecule has 7 heteroatoms. The highest BCUT2D eigenvalue weighted by Gasteiger charge is 2.25. The second-order valence-electron chi connectivity index (χ2n) is 7.71. The van der Waals surface area contributed by atoms with Gasteiger partial charge in [0.25, 0.3) is 0 Å². The van der Waals surface area contributed by atoms with Gasteiger partial charge in [0.05, 0.1) is 11.4 Å². The molecule has 1 aliphatic rings. The van der Waals surface area contributed by atoms with Crippen LogP contribution in [0.25, 0.3) is 0 Å². The van der Waals surface area contributed by atoms with E-state index in [4.69, 9.17) is 0 Å². The fourth-order valence-electron chi connectivity index (χ4n) is 3.25. The van der Waals surface area contributed by atoms with Crippen molar-refractivity contribution < 1.29 is 5.11 Å². The van der Waals surface area contributed by atoms with Gasteiger partial charge in [0.15, 0.2) is 5.82 Å². The summed E-state index contributed by atoms with van der Waals surface area (Å²) in [7, 11) is 0. The molecule has 3 aromatic rings. The van der Waals surface area contributed by atoms with E-state index in [2.05, 4.69) is 51.4 Å². The summed E-state index contributed by atoms with van der Waals surface area (Å²) in [5.41, 5.74) is 2.75. The van der Waals surface area contributed by atoms with E-state index in [1.54, 1.807) is 12.3 Å². The Morgan fingerprint density at radius 1 is 1.19 bits per heavy atom. The van der Waals surface area contributed by atoms with Gasteiger partial charge < -0.3 is 15.3 Å². The normalized spacial score (nSPS) is 14.1. The van der Waals surface area contributed by atoms with Crippen molar-refractivity contribution in [2.75, 3.05) is 16.8 Å². The first-order valence-corrected chi connectivity index (χ1v) is 9.85. The number of hydrogen-bond acceptors (Lipinski definition) is 7. The second kappa shape index (κ2) is 6.81. The van der Waals surface area contributed by atoms with Crippen LogP contribution in [0.3, 0.4) is 0 Å². The van der Waals surface area contributed by atoms with Crippen molar-refractivity contribution in [2.24, 2.45) is 0 Å². The molecule has 2 N–H and O–H groups in total. The van der Waals surface area contributed by atoms with E-state index in [1.165, 1.54) is 11.5 Å². The van der Waals surface area contributed by atoms with Crippen LogP contribution < -0.4 is 10.2 Å². The largest absolute Gasteiger partial charge is 0.506 e. The van der Waals surface area contributed by atoms with Gasteiger partial charge in [-0.25, -0.2) is 9.97 Å². The maximum Gasteiger partial charge on any atom is 0.207 e. The Balaban J connectivity index is 1.70. The van der Waals surface area contributed by atoms with Crippen LogP contribution in [0.5, 0.6) is 5.75 Å². The van der Waals surface area contributed by atoms with Gasteiger partial charge in [0.1, 0.15) is 11.6 Å². The predicted molar refractivity (Wildman–Crippen MR) is 110 cm³/mol. The van der Waals surface area contributed by atoms with Crippen LogP contribution in [0.2, 0.25) is 0 Å². The number of aromatic hydroxyl groups is 1. The number of benzene rings is 1. The molecule has 140 valence electrons. The van der Waals surface area contributed by atoms with Crippen LogP contribution in [0.4, 0.5) is 22.3 Å². The zero-order valence-electron chi connectivity index (χ0n) is 15.7. The standard InChI is InChI=1S/C20H23N5OS/c1-20(2,3)18-23-19(27-24-18)22-14-9-5-11-21-17(14)25-12-6-8-13-7-4-10-15(26)16(13)25/h4-5,7,9-11,26H,6,8,12H2,1-3H3,(H,22,23,24). The van der Waals surface area contributed by atoms with Crippen molar-refractivity contribution in [1.29, 1.82) is 0 Å². The van der Waals surface area contributed by atoms with Crippen molar-refractivity contribution in [1.82, 2.24) is 14.3 Å². The molecule has 0 bridgehead atoms. The molecular weight excluding hydrogens is 358 g/mol. The Bertz CT molecular complexity index is 963. The first-order valence-electron chi connectivity index (χ1n) is 9.08. The van der Waals surface area contributed by atoms with Crippen molar-refractivity contribution in [3.63, 3.8) is 0 Å². The number of nitrogens with zero attached hydrogens (tertiary/aromatic N) is 4. The first kappa shape index (κ1) is 17.7. The molecule has 0 aliphatic carbocycles. The smallest absolute Gasteiger partial charge is 0.207 e.